The van der Waals surface area contributed by atoms with Crippen molar-refractivity contribution in [3.05, 3.63) is 58.4 Å². The highest BCUT2D eigenvalue weighted by Gasteiger charge is 2.27. The number of esters is 1. The maximum absolute atomic E-state index is 13.2. The molecule has 1 heterocycles. The molecule has 1 aromatic heterocycles. The lowest BCUT2D eigenvalue weighted by Gasteiger charge is -2.23. The van der Waals surface area contributed by atoms with Gasteiger partial charge in [0.25, 0.3) is 0 Å². The largest absolute Gasteiger partial charge is 0.462 e. The fourth-order valence-corrected chi connectivity index (χ4v) is 3.78. The van der Waals surface area contributed by atoms with E-state index >= 15 is 0 Å². The smallest absolute Gasteiger partial charge is 0.340 e. The molecule has 168 valence electrons. The minimum Gasteiger partial charge on any atom is -0.462 e. The molecule has 0 fully saturated rings. The number of hydrogen-bond acceptors (Lipinski definition) is 3. The lowest BCUT2D eigenvalue weighted by Crippen LogP contribution is -2.16. The quantitative estimate of drug-likeness (QED) is 0.384. The van der Waals surface area contributed by atoms with Crippen molar-refractivity contribution >= 4 is 12.0 Å². The van der Waals surface area contributed by atoms with Gasteiger partial charge in [-0.25, -0.2) is 4.79 Å². The van der Waals surface area contributed by atoms with Crippen LogP contribution in [0.25, 0.3) is 17.2 Å². The first-order valence-electron chi connectivity index (χ1n) is 11.7. The van der Waals surface area contributed by atoms with E-state index in [4.69, 9.17) is 9.72 Å². The first-order valence-corrected chi connectivity index (χ1v) is 11.7. The first-order chi connectivity index (χ1) is 14.7. The standard InChI is InChI=1S/C28H39NO2/c1-9-11-12-13-23-24(22-16-14-21(15-17-22)18(3)4)25(28(30)31-10-2)27(20(7)8)29-26(23)19(5)6/h12-20H,9-11H2,1-8H3. The molecule has 2 rings (SSSR count). The van der Waals surface area contributed by atoms with Crippen molar-refractivity contribution in [2.24, 2.45) is 0 Å². The van der Waals surface area contributed by atoms with Gasteiger partial charge in [0, 0.05) is 11.1 Å². The molecular formula is C28H39NO2. The normalized spacial score (nSPS) is 11.8. The van der Waals surface area contributed by atoms with Crippen LogP contribution in [-0.2, 0) is 4.74 Å². The van der Waals surface area contributed by atoms with E-state index in [0.717, 1.165) is 40.9 Å². The average molecular weight is 422 g/mol. The van der Waals surface area contributed by atoms with Crippen LogP contribution in [0.15, 0.2) is 30.3 Å². The third-order valence-electron chi connectivity index (χ3n) is 5.47. The number of hydrogen-bond donors (Lipinski definition) is 0. The fourth-order valence-electron chi connectivity index (χ4n) is 3.78. The van der Waals surface area contributed by atoms with E-state index in [1.807, 2.05) is 6.92 Å². The summed E-state index contributed by atoms with van der Waals surface area (Å²) in [4.78, 5) is 18.2. The zero-order valence-corrected chi connectivity index (χ0v) is 20.6. The summed E-state index contributed by atoms with van der Waals surface area (Å²) in [7, 11) is 0. The second-order valence-electron chi connectivity index (χ2n) is 9.04. The Bertz CT molecular complexity index is 906. The number of benzene rings is 1. The van der Waals surface area contributed by atoms with Crippen LogP contribution in [0, 0.1) is 0 Å². The Kier molecular flexibility index (Phi) is 9.03. The van der Waals surface area contributed by atoms with Gasteiger partial charge in [0.15, 0.2) is 0 Å². The highest BCUT2D eigenvalue weighted by atomic mass is 16.5. The van der Waals surface area contributed by atoms with E-state index in [1.54, 1.807) is 0 Å². The molecule has 0 amide bonds. The van der Waals surface area contributed by atoms with Crippen molar-refractivity contribution in [1.82, 2.24) is 4.98 Å². The predicted octanol–water partition coefficient (Wildman–Crippen LogP) is 8.11. The fraction of sp³-hybridized carbons (Fsp3) is 0.500. The zero-order valence-electron chi connectivity index (χ0n) is 20.6. The van der Waals surface area contributed by atoms with Crippen molar-refractivity contribution in [2.45, 2.75) is 86.0 Å². The van der Waals surface area contributed by atoms with Gasteiger partial charge in [-0.3, -0.25) is 4.98 Å². The number of aromatic nitrogens is 1. The molecule has 0 saturated carbocycles. The number of pyridine rings is 1. The van der Waals surface area contributed by atoms with Crippen molar-refractivity contribution in [2.75, 3.05) is 6.61 Å². The Balaban J connectivity index is 2.95. The van der Waals surface area contributed by atoms with E-state index in [-0.39, 0.29) is 17.8 Å². The summed E-state index contributed by atoms with van der Waals surface area (Å²) in [5, 5.41) is 0. The summed E-state index contributed by atoms with van der Waals surface area (Å²) in [5.74, 6) is 0.516. The van der Waals surface area contributed by atoms with Crippen LogP contribution in [0.2, 0.25) is 0 Å². The Morgan fingerprint density at radius 2 is 1.55 bits per heavy atom. The zero-order chi connectivity index (χ0) is 23.1. The molecule has 0 bridgehead atoms. The minimum absolute atomic E-state index is 0.110. The lowest BCUT2D eigenvalue weighted by molar-refractivity contribution is 0.0525. The summed E-state index contributed by atoms with van der Waals surface area (Å²) in [6, 6.07) is 8.61. The summed E-state index contributed by atoms with van der Waals surface area (Å²) in [5.41, 5.74) is 6.76. The van der Waals surface area contributed by atoms with Crippen LogP contribution in [0.4, 0.5) is 0 Å². The molecular weight excluding hydrogens is 382 g/mol. The molecule has 0 atom stereocenters. The minimum atomic E-state index is -0.290. The first kappa shape index (κ1) is 24.8. The molecule has 3 heteroatoms. The second-order valence-corrected chi connectivity index (χ2v) is 9.04. The highest BCUT2D eigenvalue weighted by Crippen LogP contribution is 2.38. The highest BCUT2D eigenvalue weighted by molar-refractivity contribution is 6.01. The van der Waals surface area contributed by atoms with Gasteiger partial charge in [0.2, 0.25) is 0 Å². The van der Waals surface area contributed by atoms with Gasteiger partial charge in [-0.05, 0) is 42.2 Å². The van der Waals surface area contributed by atoms with Crippen molar-refractivity contribution in [1.29, 1.82) is 0 Å². The van der Waals surface area contributed by atoms with Crippen LogP contribution in [-0.4, -0.2) is 17.6 Å². The molecule has 0 aliphatic heterocycles. The molecule has 1 aromatic carbocycles. The molecule has 0 N–H and O–H groups in total. The Labute approximate surface area is 188 Å². The number of ether oxygens (including phenoxy) is 1. The Morgan fingerprint density at radius 1 is 0.935 bits per heavy atom. The molecule has 3 nitrogen and oxygen atoms in total. The molecule has 0 saturated heterocycles. The molecule has 2 aromatic rings. The third kappa shape index (κ3) is 5.84. The summed E-state index contributed by atoms with van der Waals surface area (Å²) in [6.07, 6.45) is 6.42. The molecule has 31 heavy (non-hydrogen) atoms. The van der Waals surface area contributed by atoms with E-state index in [1.165, 1.54) is 5.56 Å². The maximum Gasteiger partial charge on any atom is 0.340 e. The monoisotopic (exact) mass is 421 g/mol. The van der Waals surface area contributed by atoms with Crippen LogP contribution in [0.5, 0.6) is 0 Å². The summed E-state index contributed by atoms with van der Waals surface area (Å²) >= 11 is 0. The van der Waals surface area contributed by atoms with Gasteiger partial charge in [-0.2, -0.15) is 0 Å². The van der Waals surface area contributed by atoms with Crippen LogP contribution in [0.1, 0.15) is 119 Å². The van der Waals surface area contributed by atoms with Crippen LogP contribution in [0.3, 0.4) is 0 Å². The lowest BCUT2D eigenvalue weighted by atomic mass is 9.86. The van der Waals surface area contributed by atoms with Crippen LogP contribution < -0.4 is 0 Å². The summed E-state index contributed by atoms with van der Waals surface area (Å²) in [6.45, 7) is 17.3. The number of carbonyl (C=O) groups excluding carboxylic acids is 1. The van der Waals surface area contributed by atoms with E-state index < -0.39 is 0 Å². The third-order valence-corrected chi connectivity index (χ3v) is 5.47. The SMILES string of the molecule is CCCC=Cc1c(C(C)C)nc(C(C)C)c(C(=O)OCC)c1-c1ccc(C(C)C)cc1. The summed E-state index contributed by atoms with van der Waals surface area (Å²) < 4.78 is 5.52. The van der Waals surface area contributed by atoms with Gasteiger partial charge in [-0.15, -0.1) is 0 Å². The predicted molar refractivity (Wildman–Crippen MR) is 132 cm³/mol. The number of carbonyl (C=O) groups is 1. The van der Waals surface area contributed by atoms with E-state index in [2.05, 4.69) is 84.9 Å². The molecule has 0 aliphatic carbocycles. The Morgan fingerprint density at radius 3 is 2.03 bits per heavy atom. The van der Waals surface area contributed by atoms with Gasteiger partial charge < -0.3 is 4.74 Å². The Hall–Kier alpha value is -2.42. The molecule has 0 unspecified atom stereocenters. The maximum atomic E-state index is 13.2. The average Bonchev–Trinajstić information content (AvgIpc) is 2.73. The second kappa shape index (κ2) is 11.3. The van der Waals surface area contributed by atoms with Crippen molar-refractivity contribution in [3.8, 4) is 11.1 Å². The van der Waals surface area contributed by atoms with E-state index in [9.17, 15) is 4.79 Å². The number of nitrogens with zero attached hydrogens (tertiary/aromatic N) is 1. The van der Waals surface area contributed by atoms with Gasteiger partial charge >= 0.3 is 5.97 Å². The van der Waals surface area contributed by atoms with Crippen LogP contribution >= 0.6 is 0 Å². The molecule has 0 spiro atoms. The van der Waals surface area contributed by atoms with Crippen molar-refractivity contribution < 1.29 is 9.53 Å². The van der Waals surface area contributed by atoms with Crippen molar-refractivity contribution in [3.63, 3.8) is 0 Å². The van der Waals surface area contributed by atoms with Gasteiger partial charge in [0.1, 0.15) is 0 Å². The number of unbranched alkanes of at least 4 members (excludes halogenated alkanes) is 1. The van der Waals surface area contributed by atoms with Gasteiger partial charge in [0.05, 0.1) is 23.6 Å². The van der Waals surface area contributed by atoms with E-state index in [0.29, 0.717) is 18.1 Å². The number of rotatable bonds is 9. The molecule has 0 radical (unpaired) electrons. The van der Waals surface area contributed by atoms with Gasteiger partial charge in [-0.1, -0.05) is 91.3 Å². The molecule has 0 aliphatic rings. The number of allylic oxidation sites excluding steroid dienone is 1. The topological polar surface area (TPSA) is 39.2 Å².